The van der Waals surface area contributed by atoms with Crippen LogP contribution in [0.5, 0.6) is 5.75 Å². The van der Waals surface area contributed by atoms with Gasteiger partial charge in [-0.1, -0.05) is 12.1 Å². The van der Waals surface area contributed by atoms with Crippen molar-refractivity contribution in [2.75, 3.05) is 23.9 Å². The lowest BCUT2D eigenvalue weighted by atomic mass is 10.0. The van der Waals surface area contributed by atoms with E-state index >= 15 is 0 Å². The molecule has 1 aliphatic rings. The second-order valence-electron chi connectivity index (χ2n) is 4.40. The van der Waals surface area contributed by atoms with Gasteiger partial charge in [0.05, 0.1) is 18.0 Å². The summed E-state index contributed by atoms with van der Waals surface area (Å²) in [5.74, 6) is -0.478. The van der Waals surface area contributed by atoms with E-state index in [1.54, 1.807) is 6.07 Å². The molecule has 0 atom stereocenters. The first kappa shape index (κ1) is 10.9. The molecule has 2 aromatic rings. The minimum atomic E-state index is -0.417. The molecule has 0 amide bonds. The number of para-hydroxylation sites is 1. The van der Waals surface area contributed by atoms with Gasteiger partial charge in [-0.3, -0.25) is 0 Å². The van der Waals surface area contributed by atoms with Gasteiger partial charge in [-0.15, -0.1) is 0 Å². The Bertz CT molecular complexity index is 613. The topological polar surface area (TPSA) is 35.5 Å². The molecule has 4 heteroatoms. The summed E-state index contributed by atoms with van der Waals surface area (Å²) in [7, 11) is 1.98. The third kappa shape index (κ3) is 1.57. The van der Waals surface area contributed by atoms with Gasteiger partial charge in [-0.25, -0.2) is 4.39 Å². The van der Waals surface area contributed by atoms with Crippen LogP contribution in [0.3, 0.4) is 0 Å². The number of benzene rings is 2. The second-order valence-corrected chi connectivity index (χ2v) is 4.40. The Kier molecular flexibility index (Phi) is 2.37. The minimum absolute atomic E-state index is 0.0612. The first-order valence-electron chi connectivity index (χ1n) is 5.74. The van der Waals surface area contributed by atoms with Gasteiger partial charge >= 0.3 is 0 Å². The highest BCUT2D eigenvalue weighted by Crippen LogP contribution is 2.40. The molecule has 0 fully saturated rings. The van der Waals surface area contributed by atoms with Crippen molar-refractivity contribution in [2.24, 2.45) is 0 Å². The number of anilines is 2. The zero-order chi connectivity index (χ0) is 12.7. The van der Waals surface area contributed by atoms with E-state index < -0.39 is 5.82 Å². The van der Waals surface area contributed by atoms with Crippen molar-refractivity contribution in [3.63, 3.8) is 0 Å². The number of rotatable bonds is 1. The minimum Gasteiger partial charge on any atom is -0.508 e. The average Bonchev–Trinajstić information content (AvgIpc) is 2.72. The largest absolute Gasteiger partial charge is 0.508 e. The summed E-state index contributed by atoms with van der Waals surface area (Å²) in [5, 5.41) is 12.5. The van der Waals surface area contributed by atoms with Gasteiger partial charge in [0, 0.05) is 24.2 Å². The Hall–Kier alpha value is -2.23. The molecule has 3 nitrogen and oxygen atoms in total. The molecule has 0 aromatic heterocycles. The van der Waals surface area contributed by atoms with Crippen LogP contribution in [0.2, 0.25) is 0 Å². The molecular formula is C14H13FN2O. The first-order valence-corrected chi connectivity index (χ1v) is 5.74. The number of halogens is 1. The van der Waals surface area contributed by atoms with Crippen molar-refractivity contribution < 1.29 is 9.50 Å². The highest BCUT2D eigenvalue weighted by atomic mass is 19.1. The first-order chi connectivity index (χ1) is 8.66. The van der Waals surface area contributed by atoms with Crippen LogP contribution in [0.1, 0.15) is 0 Å². The fourth-order valence-corrected chi connectivity index (χ4v) is 2.27. The highest BCUT2D eigenvalue weighted by molar-refractivity contribution is 5.90. The fraction of sp³-hybridized carbons (Fsp3) is 0.143. The summed E-state index contributed by atoms with van der Waals surface area (Å²) >= 11 is 0. The lowest BCUT2D eigenvalue weighted by Crippen LogP contribution is -2.15. The Morgan fingerprint density at radius 2 is 2.06 bits per heavy atom. The fourth-order valence-electron chi connectivity index (χ4n) is 2.27. The molecule has 0 saturated carbocycles. The van der Waals surface area contributed by atoms with Crippen molar-refractivity contribution >= 4 is 11.4 Å². The number of hydrogen-bond donors (Lipinski definition) is 2. The molecule has 0 bridgehead atoms. The summed E-state index contributed by atoms with van der Waals surface area (Å²) in [6.07, 6.45) is 0. The number of phenols is 1. The van der Waals surface area contributed by atoms with Crippen molar-refractivity contribution in [1.29, 1.82) is 0 Å². The number of fused-ring (bicyclic) bond motifs is 1. The number of nitrogens with zero attached hydrogens (tertiary/aromatic N) is 1. The number of aromatic hydroxyl groups is 1. The van der Waals surface area contributed by atoms with E-state index in [2.05, 4.69) is 10.2 Å². The molecule has 2 aromatic carbocycles. The zero-order valence-electron chi connectivity index (χ0n) is 9.94. The van der Waals surface area contributed by atoms with Crippen LogP contribution >= 0.6 is 0 Å². The number of hydrogen-bond acceptors (Lipinski definition) is 3. The molecule has 0 unspecified atom stereocenters. The summed E-state index contributed by atoms with van der Waals surface area (Å²) in [6, 6.07) is 10.0. The number of nitrogens with one attached hydrogen (secondary N) is 1. The summed E-state index contributed by atoms with van der Waals surface area (Å²) in [4.78, 5) is 2.07. The predicted molar refractivity (Wildman–Crippen MR) is 70.4 cm³/mol. The van der Waals surface area contributed by atoms with Crippen molar-refractivity contribution in [2.45, 2.75) is 0 Å². The standard InChI is InChI=1S/C14H13FN2O/c1-17-8-16-14-11(3-2-4-13(14)17)10-6-5-9(18)7-12(10)15/h2-7,16,18H,8H2,1H3. The van der Waals surface area contributed by atoms with Crippen LogP contribution < -0.4 is 10.2 Å². The van der Waals surface area contributed by atoms with Crippen molar-refractivity contribution in [1.82, 2.24) is 0 Å². The molecule has 0 spiro atoms. The second kappa shape index (κ2) is 3.91. The maximum absolute atomic E-state index is 13.9. The molecule has 18 heavy (non-hydrogen) atoms. The molecule has 0 saturated heterocycles. The molecular weight excluding hydrogens is 231 g/mol. The van der Waals surface area contributed by atoms with E-state index in [9.17, 15) is 9.50 Å². The Labute approximate surface area is 104 Å². The highest BCUT2D eigenvalue weighted by Gasteiger charge is 2.20. The van der Waals surface area contributed by atoms with E-state index in [1.165, 1.54) is 6.07 Å². The summed E-state index contributed by atoms with van der Waals surface area (Å²) < 4.78 is 13.9. The van der Waals surface area contributed by atoms with Gasteiger partial charge in [0.1, 0.15) is 11.6 Å². The van der Waals surface area contributed by atoms with E-state index in [-0.39, 0.29) is 5.75 Å². The van der Waals surface area contributed by atoms with Crippen molar-refractivity contribution in [3.05, 3.63) is 42.2 Å². The van der Waals surface area contributed by atoms with Crippen LogP contribution in [0.4, 0.5) is 15.8 Å². The van der Waals surface area contributed by atoms with E-state index in [0.29, 0.717) is 12.2 Å². The quantitative estimate of drug-likeness (QED) is 0.809. The monoisotopic (exact) mass is 244 g/mol. The van der Waals surface area contributed by atoms with Gasteiger partial charge in [-0.05, 0) is 18.2 Å². The Morgan fingerprint density at radius 1 is 1.22 bits per heavy atom. The van der Waals surface area contributed by atoms with Crippen LogP contribution in [-0.2, 0) is 0 Å². The Morgan fingerprint density at radius 3 is 2.83 bits per heavy atom. The third-order valence-corrected chi connectivity index (χ3v) is 3.19. The van der Waals surface area contributed by atoms with Gasteiger partial charge in [-0.2, -0.15) is 0 Å². The van der Waals surface area contributed by atoms with Crippen LogP contribution in [0.25, 0.3) is 11.1 Å². The zero-order valence-corrected chi connectivity index (χ0v) is 9.94. The van der Waals surface area contributed by atoms with Gasteiger partial charge < -0.3 is 15.3 Å². The van der Waals surface area contributed by atoms with E-state index in [0.717, 1.165) is 23.0 Å². The average molecular weight is 244 g/mol. The normalized spacial score (nSPS) is 13.3. The van der Waals surface area contributed by atoms with Crippen LogP contribution in [0.15, 0.2) is 36.4 Å². The van der Waals surface area contributed by atoms with Crippen LogP contribution in [0, 0.1) is 5.82 Å². The van der Waals surface area contributed by atoms with Gasteiger partial charge in [0.2, 0.25) is 0 Å². The van der Waals surface area contributed by atoms with Gasteiger partial charge in [0.15, 0.2) is 0 Å². The lowest BCUT2D eigenvalue weighted by molar-refractivity contribution is 0.469. The van der Waals surface area contributed by atoms with E-state index in [1.807, 2.05) is 25.2 Å². The maximum Gasteiger partial charge on any atom is 0.134 e. The lowest BCUT2D eigenvalue weighted by Gasteiger charge is -2.11. The molecule has 0 aliphatic carbocycles. The molecule has 92 valence electrons. The van der Waals surface area contributed by atoms with Gasteiger partial charge in [0.25, 0.3) is 0 Å². The van der Waals surface area contributed by atoms with E-state index in [4.69, 9.17) is 0 Å². The number of phenolic OH excluding ortho intramolecular Hbond substituents is 1. The molecule has 0 radical (unpaired) electrons. The Balaban J connectivity index is 2.19. The maximum atomic E-state index is 13.9. The van der Waals surface area contributed by atoms with Crippen molar-refractivity contribution in [3.8, 4) is 16.9 Å². The summed E-state index contributed by atoms with van der Waals surface area (Å²) in [5.41, 5.74) is 3.30. The molecule has 3 rings (SSSR count). The van der Waals surface area contributed by atoms with Crippen LogP contribution in [-0.4, -0.2) is 18.8 Å². The molecule has 1 heterocycles. The molecule has 2 N–H and O–H groups in total. The molecule has 1 aliphatic heterocycles. The SMILES string of the molecule is CN1CNc2c(-c3ccc(O)cc3F)cccc21. The smallest absolute Gasteiger partial charge is 0.134 e. The third-order valence-electron chi connectivity index (χ3n) is 3.19. The predicted octanol–water partition coefficient (Wildman–Crippen LogP) is 3.02. The summed E-state index contributed by atoms with van der Waals surface area (Å²) in [6.45, 7) is 0.714.